The molecular weight excluding hydrogens is 201 g/mol. The van der Waals surface area contributed by atoms with Gasteiger partial charge < -0.3 is 5.11 Å². The van der Waals surface area contributed by atoms with Gasteiger partial charge in [0, 0.05) is 11.5 Å². The van der Waals surface area contributed by atoms with Gasteiger partial charge in [-0.3, -0.25) is 4.79 Å². The molecule has 1 N–H and O–H groups in total. The first-order valence-electron chi connectivity index (χ1n) is 5.25. The lowest BCUT2D eigenvalue weighted by Crippen LogP contribution is -2.01. The van der Waals surface area contributed by atoms with Crippen LogP contribution in [0.15, 0.2) is 24.3 Å². The van der Waals surface area contributed by atoms with Crippen LogP contribution in [0, 0.1) is 6.92 Å². The summed E-state index contributed by atoms with van der Waals surface area (Å²) in [5, 5.41) is 10.5. The van der Waals surface area contributed by atoms with Crippen molar-refractivity contribution in [3.05, 3.63) is 35.5 Å². The van der Waals surface area contributed by atoms with Crippen LogP contribution in [-0.4, -0.2) is 23.7 Å². The Kier molecular flexibility index (Phi) is 2.65. The number of aromatic nitrogens is 1. The maximum Gasteiger partial charge on any atom is 0.173 e. The quantitative estimate of drug-likeness (QED) is 0.607. The van der Waals surface area contributed by atoms with Crippen molar-refractivity contribution in [2.45, 2.75) is 13.2 Å². The van der Waals surface area contributed by atoms with Gasteiger partial charge in [0.2, 0.25) is 0 Å². The van der Waals surface area contributed by atoms with Crippen LogP contribution < -0.4 is 0 Å². The van der Waals surface area contributed by atoms with Crippen LogP contribution >= 0.6 is 0 Å². The summed E-state index contributed by atoms with van der Waals surface area (Å²) >= 11 is 0. The molecule has 0 spiro atoms. The molecule has 0 aliphatic carbocycles. The minimum Gasteiger partial charge on any atom is -0.507 e. The van der Waals surface area contributed by atoms with E-state index in [0.717, 1.165) is 5.56 Å². The molecule has 0 fully saturated rings. The Balaban J connectivity index is 2.69. The van der Waals surface area contributed by atoms with E-state index in [9.17, 15) is 9.90 Å². The zero-order chi connectivity index (χ0) is 11.7. The second-order valence-electron chi connectivity index (χ2n) is 3.82. The molecule has 1 heterocycles. The number of aromatic hydroxyl groups is 1. The van der Waals surface area contributed by atoms with E-state index in [2.05, 4.69) is 4.98 Å². The molecule has 1 aromatic carbocycles. The van der Waals surface area contributed by atoms with Gasteiger partial charge in [-0.25, -0.2) is 4.98 Å². The molecule has 0 saturated heterocycles. The lowest BCUT2D eigenvalue weighted by molar-refractivity contribution is 0.101. The molecule has 1 aromatic heterocycles. The Bertz CT molecular complexity index is 566. The fourth-order valence-corrected chi connectivity index (χ4v) is 1.64. The van der Waals surface area contributed by atoms with Crippen LogP contribution in [0.2, 0.25) is 6.32 Å². The number of carbonyl (C=O) groups excluding carboxylic acids is 1. The molecule has 0 aliphatic heterocycles. The van der Waals surface area contributed by atoms with E-state index in [1.165, 1.54) is 6.07 Å². The second kappa shape index (κ2) is 3.97. The number of nitrogens with zero attached hydrogens (tertiary/aromatic N) is 1. The second-order valence-corrected chi connectivity index (χ2v) is 3.82. The molecule has 2 rings (SSSR count). The minimum atomic E-state index is -0.0568. The molecule has 0 bridgehead atoms. The van der Waals surface area contributed by atoms with E-state index >= 15 is 0 Å². The maximum absolute atomic E-state index is 11.5. The van der Waals surface area contributed by atoms with Crippen molar-refractivity contribution in [2.75, 3.05) is 0 Å². The summed E-state index contributed by atoms with van der Waals surface area (Å²) in [6.45, 7) is 1.95. The SMILES string of the molecule is BCC(=O)c1cc(O)c2ccc(C)cc2n1. The van der Waals surface area contributed by atoms with Crippen molar-refractivity contribution < 1.29 is 9.90 Å². The van der Waals surface area contributed by atoms with Crippen LogP contribution in [0.25, 0.3) is 10.9 Å². The molecule has 2 aromatic rings. The number of ketones is 1. The number of benzene rings is 1. The van der Waals surface area contributed by atoms with Crippen molar-refractivity contribution in [3.63, 3.8) is 0 Å². The molecule has 0 atom stereocenters. The molecule has 0 saturated carbocycles. The van der Waals surface area contributed by atoms with E-state index in [4.69, 9.17) is 0 Å². The molecule has 3 nitrogen and oxygen atoms in total. The minimum absolute atomic E-state index is 0.0568. The first kappa shape index (κ1) is 10.7. The van der Waals surface area contributed by atoms with Gasteiger partial charge in [0.1, 0.15) is 19.3 Å². The van der Waals surface area contributed by atoms with Gasteiger partial charge >= 0.3 is 0 Å². The third kappa shape index (κ3) is 1.78. The molecule has 0 aliphatic rings. The smallest absolute Gasteiger partial charge is 0.173 e. The van der Waals surface area contributed by atoms with Gasteiger partial charge in [0.15, 0.2) is 5.78 Å². The van der Waals surface area contributed by atoms with Crippen molar-refractivity contribution in [3.8, 4) is 5.75 Å². The highest BCUT2D eigenvalue weighted by atomic mass is 16.3. The number of pyridine rings is 1. The van der Waals surface area contributed by atoms with Crippen molar-refractivity contribution in [2.24, 2.45) is 0 Å². The predicted molar refractivity (Wildman–Crippen MR) is 65.8 cm³/mol. The summed E-state index contributed by atoms with van der Waals surface area (Å²) in [6, 6.07) is 7.02. The molecule has 80 valence electrons. The Morgan fingerprint density at radius 1 is 1.44 bits per heavy atom. The zero-order valence-corrected chi connectivity index (χ0v) is 9.32. The fraction of sp³-hybridized carbons (Fsp3) is 0.167. The average Bonchev–Trinajstić information content (AvgIpc) is 2.27. The molecule has 16 heavy (non-hydrogen) atoms. The largest absolute Gasteiger partial charge is 0.507 e. The number of hydrogen-bond donors (Lipinski definition) is 1. The Morgan fingerprint density at radius 2 is 2.19 bits per heavy atom. The third-order valence-corrected chi connectivity index (χ3v) is 2.55. The summed E-state index contributed by atoms with van der Waals surface area (Å²) in [5.74, 6) is 0.0560. The summed E-state index contributed by atoms with van der Waals surface area (Å²) < 4.78 is 0. The summed E-state index contributed by atoms with van der Waals surface area (Å²) in [7, 11) is 1.78. The molecular formula is C12H12BNO2. The average molecular weight is 213 g/mol. The van der Waals surface area contributed by atoms with Gasteiger partial charge in [-0.15, -0.1) is 0 Å². The molecule has 0 amide bonds. The maximum atomic E-state index is 11.5. The van der Waals surface area contributed by atoms with Gasteiger partial charge in [0.25, 0.3) is 0 Å². The Hall–Kier alpha value is -1.84. The fourth-order valence-electron chi connectivity index (χ4n) is 1.64. The van der Waals surface area contributed by atoms with Gasteiger partial charge in [-0.2, -0.15) is 0 Å². The molecule has 0 unspecified atom stereocenters. The van der Waals surface area contributed by atoms with Crippen LogP contribution in [0.3, 0.4) is 0 Å². The van der Waals surface area contributed by atoms with E-state index in [-0.39, 0.29) is 11.5 Å². The van der Waals surface area contributed by atoms with Gasteiger partial charge in [0.05, 0.1) is 5.52 Å². The lowest BCUT2D eigenvalue weighted by Gasteiger charge is -2.04. The number of hydrogen-bond acceptors (Lipinski definition) is 3. The van der Waals surface area contributed by atoms with Crippen LogP contribution in [0.1, 0.15) is 16.1 Å². The predicted octanol–water partition coefficient (Wildman–Crippen LogP) is 1.48. The van der Waals surface area contributed by atoms with Crippen LogP contribution in [0.5, 0.6) is 5.75 Å². The Morgan fingerprint density at radius 3 is 2.88 bits per heavy atom. The third-order valence-electron chi connectivity index (χ3n) is 2.55. The lowest BCUT2D eigenvalue weighted by atomic mass is 9.98. The number of aryl methyl sites for hydroxylation is 1. The first-order valence-corrected chi connectivity index (χ1v) is 5.25. The highest BCUT2D eigenvalue weighted by molar-refractivity contribution is 6.23. The zero-order valence-electron chi connectivity index (χ0n) is 9.32. The Labute approximate surface area is 94.5 Å². The highest BCUT2D eigenvalue weighted by Crippen LogP contribution is 2.25. The molecule has 0 radical (unpaired) electrons. The summed E-state index contributed by atoms with van der Waals surface area (Å²) in [6.07, 6.45) is 0.393. The van der Waals surface area contributed by atoms with Crippen molar-refractivity contribution >= 4 is 24.5 Å². The van der Waals surface area contributed by atoms with Gasteiger partial charge in [-0.05, 0) is 30.9 Å². The summed E-state index contributed by atoms with van der Waals surface area (Å²) in [5.41, 5.74) is 2.05. The number of rotatable bonds is 2. The van der Waals surface area contributed by atoms with Crippen LogP contribution in [-0.2, 0) is 0 Å². The highest BCUT2D eigenvalue weighted by Gasteiger charge is 2.09. The van der Waals surface area contributed by atoms with E-state index in [1.54, 1.807) is 7.85 Å². The standard InChI is InChI=1S/C12H12BNO2/c1-7-2-3-8-9(4-7)14-10(5-11(8)15)12(16)6-13/h2-5H,6,13H2,1H3,(H,14,15). The van der Waals surface area contributed by atoms with Crippen molar-refractivity contribution in [1.82, 2.24) is 4.98 Å². The van der Waals surface area contributed by atoms with E-state index in [0.29, 0.717) is 22.9 Å². The first-order chi connectivity index (χ1) is 7.61. The topological polar surface area (TPSA) is 50.2 Å². The van der Waals surface area contributed by atoms with E-state index in [1.807, 2.05) is 25.1 Å². The monoisotopic (exact) mass is 213 g/mol. The van der Waals surface area contributed by atoms with Crippen molar-refractivity contribution in [1.29, 1.82) is 0 Å². The van der Waals surface area contributed by atoms with Crippen LogP contribution in [0.4, 0.5) is 0 Å². The summed E-state index contributed by atoms with van der Waals surface area (Å²) in [4.78, 5) is 15.8. The number of carbonyl (C=O) groups is 1. The van der Waals surface area contributed by atoms with Gasteiger partial charge in [-0.1, -0.05) is 6.07 Å². The number of fused-ring (bicyclic) bond motifs is 1. The van der Waals surface area contributed by atoms with E-state index < -0.39 is 0 Å². The normalized spacial score (nSPS) is 10.6. The number of Topliss-reactive ketones (excluding diaryl/α,β-unsaturated/α-hetero) is 1. The molecule has 4 heteroatoms.